The van der Waals surface area contributed by atoms with Crippen LogP contribution >= 0.6 is 0 Å². The van der Waals surface area contributed by atoms with Crippen molar-refractivity contribution in [1.82, 2.24) is 5.32 Å². The van der Waals surface area contributed by atoms with Gasteiger partial charge in [0.2, 0.25) is 0 Å². The average Bonchev–Trinajstić information content (AvgIpc) is 3.25. The number of furan rings is 2. The fraction of sp³-hybridized carbons (Fsp3) is 0.150. The SMILES string of the molecule is COc1cccc2cc(C(=O)NC(C)c3cc4ccccc4o3)oc12. The van der Waals surface area contributed by atoms with E-state index in [1.54, 1.807) is 19.2 Å². The van der Waals surface area contributed by atoms with Gasteiger partial charge in [0.15, 0.2) is 17.1 Å². The van der Waals surface area contributed by atoms with E-state index in [1.807, 2.05) is 49.4 Å². The first kappa shape index (κ1) is 15.3. The maximum absolute atomic E-state index is 12.5. The van der Waals surface area contributed by atoms with Gasteiger partial charge in [-0.3, -0.25) is 4.79 Å². The van der Waals surface area contributed by atoms with Crippen LogP contribution in [0, 0.1) is 0 Å². The van der Waals surface area contributed by atoms with E-state index in [9.17, 15) is 4.79 Å². The molecule has 4 aromatic rings. The predicted molar refractivity (Wildman–Crippen MR) is 94.9 cm³/mol. The van der Waals surface area contributed by atoms with E-state index >= 15 is 0 Å². The molecule has 1 unspecified atom stereocenters. The molecule has 0 fully saturated rings. The first-order valence-electron chi connectivity index (χ1n) is 8.01. The summed E-state index contributed by atoms with van der Waals surface area (Å²) in [5, 5.41) is 4.73. The molecule has 1 atom stereocenters. The lowest BCUT2D eigenvalue weighted by molar-refractivity contribution is 0.0909. The smallest absolute Gasteiger partial charge is 0.287 e. The maximum atomic E-state index is 12.5. The highest BCUT2D eigenvalue weighted by molar-refractivity contribution is 5.97. The largest absolute Gasteiger partial charge is 0.493 e. The number of benzene rings is 2. The van der Waals surface area contributed by atoms with Gasteiger partial charge in [-0.05, 0) is 31.2 Å². The molecule has 0 spiro atoms. The van der Waals surface area contributed by atoms with Crippen LogP contribution in [0.3, 0.4) is 0 Å². The Labute approximate surface area is 144 Å². The van der Waals surface area contributed by atoms with Crippen molar-refractivity contribution in [2.75, 3.05) is 7.11 Å². The Kier molecular flexibility index (Phi) is 3.69. The van der Waals surface area contributed by atoms with Gasteiger partial charge >= 0.3 is 0 Å². The van der Waals surface area contributed by atoms with Gasteiger partial charge in [0.1, 0.15) is 11.3 Å². The van der Waals surface area contributed by atoms with Crippen molar-refractivity contribution in [1.29, 1.82) is 0 Å². The minimum absolute atomic E-state index is 0.238. The molecule has 0 aliphatic carbocycles. The lowest BCUT2D eigenvalue weighted by Crippen LogP contribution is -2.25. The summed E-state index contributed by atoms with van der Waals surface area (Å²) in [5.74, 6) is 1.23. The van der Waals surface area contributed by atoms with Crippen LogP contribution in [0.1, 0.15) is 29.3 Å². The Hall–Kier alpha value is -3.21. The van der Waals surface area contributed by atoms with Gasteiger partial charge in [0.25, 0.3) is 5.91 Å². The molecule has 5 heteroatoms. The molecule has 1 N–H and O–H groups in total. The van der Waals surface area contributed by atoms with Crippen LogP contribution in [-0.2, 0) is 0 Å². The summed E-state index contributed by atoms with van der Waals surface area (Å²) in [6.07, 6.45) is 0. The van der Waals surface area contributed by atoms with E-state index in [0.717, 1.165) is 16.4 Å². The number of fused-ring (bicyclic) bond motifs is 2. The second-order valence-electron chi connectivity index (χ2n) is 5.87. The van der Waals surface area contributed by atoms with Crippen molar-refractivity contribution >= 4 is 27.8 Å². The Morgan fingerprint density at radius 2 is 1.84 bits per heavy atom. The number of rotatable bonds is 4. The lowest BCUT2D eigenvalue weighted by Gasteiger charge is -2.09. The second kappa shape index (κ2) is 6.02. The standard InChI is InChI=1S/C20H17NO4/c1-12(17-10-13-6-3-4-8-15(13)24-17)21-20(22)18-11-14-7-5-9-16(23-2)19(14)25-18/h3-12H,1-2H3,(H,21,22). The maximum Gasteiger partial charge on any atom is 0.287 e. The highest BCUT2D eigenvalue weighted by atomic mass is 16.5. The molecule has 25 heavy (non-hydrogen) atoms. The molecule has 0 aliphatic heterocycles. The molecule has 0 saturated carbocycles. The number of amides is 1. The molecule has 0 radical (unpaired) electrons. The van der Waals surface area contributed by atoms with Crippen molar-refractivity contribution in [3.05, 3.63) is 66.1 Å². The van der Waals surface area contributed by atoms with E-state index in [2.05, 4.69) is 5.32 Å². The first-order chi connectivity index (χ1) is 12.2. The summed E-state index contributed by atoms with van der Waals surface area (Å²) in [5.41, 5.74) is 1.36. The molecule has 0 saturated heterocycles. The molecular weight excluding hydrogens is 318 g/mol. The number of ether oxygens (including phenoxy) is 1. The van der Waals surface area contributed by atoms with Crippen LogP contribution in [0.15, 0.2) is 63.4 Å². The van der Waals surface area contributed by atoms with Gasteiger partial charge in [-0.2, -0.15) is 0 Å². The van der Waals surface area contributed by atoms with Gasteiger partial charge in [0.05, 0.1) is 13.2 Å². The first-order valence-corrected chi connectivity index (χ1v) is 8.01. The average molecular weight is 335 g/mol. The van der Waals surface area contributed by atoms with Crippen molar-refractivity contribution in [2.45, 2.75) is 13.0 Å². The van der Waals surface area contributed by atoms with Crippen LogP contribution in [0.5, 0.6) is 5.75 Å². The topological polar surface area (TPSA) is 64.6 Å². The Balaban J connectivity index is 1.58. The normalized spacial score (nSPS) is 12.4. The second-order valence-corrected chi connectivity index (χ2v) is 5.87. The van der Waals surface area contributed by atoms with Gasteiger partial charge in [-0.1, -0.05) is 30.3 Å². The zero-order chi connectivity index (χ0) is 17.4. The highest BCUT2D eigenvalue weighted by Crippen LogP contribution is 2.29. The summed E-state index contributed by atoms with van der Waals surface area (Å²) in [6, 6.07) is 16.6. The van der Waals surface area contributed by atoms with Crippen molar-refractivity contribution in [2.24, 2.45) is 0 Å². The van der Waals surface area contributed by atoms with Gasteiger partial charge in [-0.15, -0.1) is 0 Å². The summed E-state index contributed by atoms with van der Waals surface area (Å²) in [7, 11) is 1.57. The van der Waals surface area contributed by atoms with Gasteiger partial charge < -0.3 is 18.9 Å². The van der Waals surface area contributed by atoms with Crippen LogP contribution in [-0.4, -0.2) is 13.0 Å². The molecule has 1 amide bonds. The number of hydrogen-bond donors (Lipinski definition) is 1. The molecule has 5 nitrogen and oxygen atoms in total. The van der Waals surface area contributed by atoms with Crippen molar-refractivity contribution < 1.29 is 18.4 Å². The number of methoxy groups -OCH3 is 1. The summed E-state index contributed by atoms with van der Waals surface area (Å²) < 4.78 is 16.7. The number of hydrogen-bond acceptors (Lipinski definition) is 4. The predicted octanol–water partition coefficient (Wildman–Crippen LogP) is 4.68. The fourth-order valence-corrected chi connectivity index (χ4v) is 2.86. The van der Waals surface area contributed by atoms with E-state index in [1.165, 1.54) is 0 Å². The summed E-state index contributed by atoms with van der Waals surface area (Å²) in [6.45, 7) is 1.87. The molecule has 126 valence electrons. The molecule has 0 aliphatic rings. The number of carbonyl (C=O) groups excluding carboxylic acids is 1. The zero-order valence-corrected chi connectivity index (χ0v) is 13.9. The molecule has 2 aromatic carbocycles. The minimum Gasteiger partial charge on any atom is -0.493 e. The third-order valence-electron chi connectivity index (χ3n) is 4.17. The van der Waals surface area contributed by atoms with Crippen LogP contribution in [0.2, 0.25) is 0 Å². The molecular formula is C20H17NO4. The van der Waals surface area contributed by atoms with Gasteiger partial charge in [-0.25, -0.2) is 0 Å². The third kappa shape index (κ3) is 2.74. The lowest BCUT2D eigenvalue weighted by atomic mass is 10.2. The third-order valence-corrected chi connectivity index (χ3v) is 4.17. The molecule has 2 aromatic heterocycles. The number of para-hydroxylation sites is 2. The zero-order valence-electron chi connectivity index (χ0n) is 13.9. The molecule has 4 rings (SSSR count). The summed E-state index contributed by atoms with van der Waals surface area (Å²) in [4.78, 5) is 12.5. The molecule has 0 bridgehead atoms. The highest BCUT2D eigenvalue weighted by Gasteiger charge is 2.19. The Morgan fingerprint density at radius 1 is 1.04 bits per heavy atom. The number of carbonyl (C=O) groups is 1. The minimum atomic E-state index is -0.300. The van der Waals surface area contributed by atoms with Crippen LogP contribution in [0.25, 0.3) is 21.9 Å². The summed E-state index contributed by atoms with van der Waals surface area (Å²) >= 11 is 0. The Bertz CT molecular complexity index is 1030. The monoisotopic (exact) mass is 335 g/mol. The molecule has 2 heterocycles. The van der Waals surface area contributed by atoms with Crippen LogP contribution < -0.4 is 10.1 Å². The van der Waals surface area contributed by atoms with E-state index < -0.39 is 0 Å². The van der Waals surface area contributed by atoms with Crippen molar-refractivity contribution in [3.8, 4) is 5.75 Å². The quantitative estimate of drug-likeness (QED) is 0.588. The van der Waals surface area contributed by atoms with Crippen molar-refractivity contribution in [3.63, 3.8) is 0 Å². The van der Waals surface area contributed by atoms with E-state index in [4.69, 9.17) is 13.6 Å². The number of nitrogens with one attached hydrogen (secondary N) is 1. The van der Waals surface area contributed by atoms with E-state index in [0.29, 0.717) is 17.1 Å². The fourth-order valence-electron chi connectivity index (χ4n) is 2.86. The van der Waals surface area contributed by atoms with Gasteiger partial charge in [0, 0.05) is 10.8 Å². The Morgan fingerprint density at radius 3 is 2.64 bits per heavy atom. The van der Waals surface area contributed by atoms with Crippen LogP contribution in [0.4, 0.5) is 0 Å². The van der Waals surface area contributed by atoms with E-state index in [-0.39, 0.29) is 17.7 Å².